The fourth-order valence-electron chi connectivity index (χ4n) is 3.76. The number of benzene rings is 3. The first-order valence-corrected chi connectivity index (χ1v) is 12.8. The van der Waals surface area contributed by atoms with Gasteiger partial charge < -0.3 is 9.64 Å². The summed E-state index contributed by atoms with van der Waals surface area (Å²) in [7, 11) is 1.52. The highest BCUT2D eigenvalue weighted by atomic mass is 35.5. The summed E-state index contributed by atoms with van der Waals surface area (Å²) in [5.74, 6) is -0.531. The lowest BCUT2D eigenvalue weighted by Crippen LogP contribution is -2.40. The Labute approximate surface area is 235 Å². The molecule has 3 aromatic carbocycles. The Balaban J connectivity index is 1.61. The number of hydrogen-bond acceptors (Lipinski definition) is 4. The van der Waals surface area contributed by atoms with E-state index in [1.165, 1.54) is 24.1 Å². The molecule has 0 spiro atoms. The highest BCUT2D eigenvalue weighted by Crippen LogP contribution is 2.26. The van der Waals surface area contributed by atoms with Crippen LogP contribution in [0.2, 0.25) is 15.1 Å². The van der Waals surface area contributed by atoms with E-state index in [-0.39, 0.29) is 30.3 Å². The number of halogens is 3. The van der Waals surface area contributed by atoms with Crippen LogP contribution in [-0.2, 0) is 9.53 Å². The number of nitrogens with one attached hydrogen (secondary N) is 1. The first kappa shape index (κ1) is 27.7. The number of amides is 2. The Hall–Kier alpha value is -3.36. The van der Waals surface area contributed by atoms with Gasteiger partial charge in [0.1, 0.15) is 6.54 Å². The molecule has 0 aliphatic rings. The lowest BCUT2D eigenvalue weighted by Gasteiger charge is -2.22. The van der Waals surface area contributed by atoms with Crippen molar-refractivity contribution < 1.29 is 14.3 Å². The largest absolute Gasteiger partial charge is 0.383 e. The molecule has 7 nitrogen and oxygen atoms in total. The molecule has 196 valence electrons. The molecule has 10 heteroatoms. The Morgan fingerprint density at radius 2 is 1.66 bits per heavy atom. The molecule has 1 aromatic heterocycles. The molecule has 1 N–H and O–H groups in total. The number of aromatic nitrogens is 2. The smallest absolute Gasteiger partial charge is 0.255 e. The van der Waals surface area contributed by atoms with E-state index in [2.05, 4.69) is 10.3 Å². The molecule has 4 aromatic rings. The van der Waals surface area contributed by atoms with Crippen molar-refractivity contribution in [3.05, 3.63) is 99.1 Å². The van der Waals surface area contributed by atoms with Gasteiger partial charge in [0, 0.05) is 41.1 Å². The van der Waals surface area contributed by atoms with Gasteiger partial charge in [0.05, 0.1) is 22.9 Å². The molecule has 0 saturated carbocycles. The number of carbonyl (C=O) groups excluding carboxylic acids is 2. The van der Waals surface area contributed by atoms with Crippen LogP contribution in [0, 0.1) is 6.92 Å². The van der Waals surface area contributed by atoms with E-state index in [0.29, 0.717) is 21.7 Å². The van der Waals surface area contributed by atoms with Gasteiger partial charge in [-0.3, -0.25) is 19.5 Å². The quantitative estimate of drug-likeness (QED) is 0.248. The summed E-state index contributed by atoms with van der Waals surface area (Å²) >= 11 is 18.3. The van der Waals surface area contributed by atoms with Gasteiger partial charge in [-0.05, 0) is 49.4 Å². The van der Waals surface area contributed by atoms with Gasteiger partial charge in [-0.25, -0.2) is 4.98 Å². The van der Waals surface area contributed by atoms with Crippen LogP contribution in [0.3, 0.4) is 0 Å². The second kappa shape index (κ2) is 12.5. The molecule has 0 fully saturated rings. The summed E-state index contributed by atoms with van der Waals surface area (Å²) in [6.45, 7) is 2.18. The van der Waals surface area contributed by atoms with Crippen LogP contribution in [0.5, 0.6) is 0 Å². The van der Waals surface area contributed by atoms with Gasteiger partial charge in [0.2, 0.25) is 11.9 Å². The number of carbonyl (C=O) groups is 2. The summed E-state index contributed by atoms with van der Waals surface area (Å²) in [5.41, 5.74) is 3.65. The molecule has 38 heavy (non-hydrogen) atoms. The number of ether oxygens (including phenoxy) is 1. The number of imidazole rings is 1. The van der Waals surface area contributed by atoms with E-state index < -0.39 is 11.8 Å². The summed E-state index contributed by atoms with van der Waals surface area (Å²) < 4.78 is 6.94. The summed E-state index contributed by atoms with van der Waals surface area (Å²) in [4.78, 5) is 32.5. The van der Waals surface area contributed by atoms with Crippen LogP contribution in [0.4, 0.5) is 5.95 Å². The zero-order valence-corrected chi connectivity index (χ0v) is 23.0. The standard InChI is InChI=1S/C28H25Cl3N4O3/c1-18-3-10-22(11-4-18)35-16-25(19-5-7-20(29)8-6-19)32-28(35)33-26(36)17-34(13-14-38-2)27(37)23-12-9-21(30)15-24(23)31/h3-12,15-16H,13-14,17H2,1-2H3,(H,32,33,36). The lowest BCUT2D eigenvalue weighted by atomic mass is 10.2. The molecule has 0 aliphatic heterocycles. The molecular formula is C28H25Cl3N4O3. The van der Waals surface area contributed by atoms with E-state index in [4.69, 9.17) is 39.5 Å². The van der Waals surface area contributed by atoms with E-state index in [0.717, 1.165) is 16.8 Å². The Morgan fingerprint density at radius 1 is 0.974 bits per heavy atom. The molecular weight excluding hydrogens is 547 g/mol. The Kier molecular flexibility index (Phi) is 9.07. The minimum Gasteiger partial charge on any atom is -0.383 e. The number of rotatable bonds is 9. The maximum atomic E-state index is 13.2. The number of methoxy groups -OCH3 is 1. The highest BCUT2D eigenvalue weighted by molar-refractivity contribution is 6.36. The lowest BCUT2D eigenvalue weighted by molar-refractivity contribution is -0.117. The maximum Gasteiger partial charge on any atom is 0.255 e. The van der Waals surface area contributed by atoms with Crippen molar-refractivity contribution in [2.24, 2.45) is 0 Å². The van der Waals surface area contributed by atoms with Gasteiger partial charge in [-0.2, -0.15) is 0 Å². The molecule has 1 heterocycles. The van der Waals surface area contributed by atoms with Crippen molar-refractivity contribution >= 4 is 52.6 Å². The van der Waals surface area contributed by atoms with Gasteiger partial charge in [0.15, 0.2) is 0 Å². The third-order valence-electron chi connectivity index (χ3n) is 5.76. The third kappa shape index (κ3) is 6.74. The van der Waals surface area contributed by atoms with Crippen LogP contribution < -0.4 is 5.32 Å². The Bertz CT molecular complexity index is 1440. The third-order valence-corrected chi connectivity index (χ3v) is 6.56. The van der Waals surface area contributed by atoms with Gasteiger partial charge >= 0.3 is 0 Å². The van der Waals surface area contributed by atoms with Crippen molar-refractivity contribution in [3.63, 3.8) is 0 Å². The van der Waals surface area contributed by atoms with Gasteiger partial charge in [0.25, 0.3) is 5.91 Å². The van der Waals surface area contributed by atoms with Crippen molar-refractivity contribution in [3.8, 4) is 16.9 Å². The monoisotopic (exact) mass is 570 g/mol. The van der Waals surface area contributed by atoms with Crippen LogP contribution in [-0.4, -0.2) is 53.1 Å². The van der Waals surface area contributed by atoms with Crippen LogP contribution >= 0.6 is 34.8 Å². The summed E-state index contributed by atoms with van der Waals surface area (Å²) in [6.07, 6.45) is 1.84. The molecule has 4 rings (SSSR count). The molecule has 0 unspecified atom stereocenters. The van der Waals surface area contributed by atoms with Gasteiger partial charge in [-0.15, -0.1) is 0 Å². The molecule has 0 radical (unpaired) electrons. The predicted octanol–water partition coefficient (Wildman–Crippen LogP) is 6.54. The van der Waals surface area contributed by atoms with E-state index in [1.807, 2.05) is 49.5 Å². The van der Waals surface area contributed by atoms with Crippen molar-refractivity contribution in [2.75, 3.05) is 32.1 Å². The average Bonchev–Trinajstić information content (AvgIpc) is 3.30. The Morgan fingerprint density at radius 3 is 2.32 bits per heavy atom. The average molecular weight is 572 g/mol. The SMILES string of the molecule is COCCN(CC(=O)Nc1nc(-c2ccc(Cl)cc2)cn1-c1ccc(C)cc1)C(=O)c1ccc(Cl)cc1Cl. The minimum absolute atomic E-state index is 0.185. The second-order valence-electron chi connectivity index (χ2n) is 8.55. The molecule has 0 bridgehead atoms. The zero-order chi connectivity index (χ0) is 27.2. The fourth-order valence-corrected chi connectivity index (χ4v) is 4.37. The fraction of sp³-hybridized carbons (Fsp3) is 0.179. The van der Waals surface area contributed by atoms with Crippen LogP contribution in [0.25, 0.3) is 16.9 Å². The van der Waals surface area contributed by atoms with E-state index in [9.17, 15) is 9.59 Å². The van der Waals surface area contributed by atoms with E-state index in [1.54, 1.807) is 22.8 Å². The number of anilines is 1. The molecule has 0 aliphatic carbocycles. The zero-order valence-electron chi connectivity index (χ0n) is 20.7. The van der Waals surface area contributed by atoms with Crippen molar-refractivity contribution in [1.29, 1.82) is 0 Å². The van der Waals surface area contributed by atoms with Crippen molar-refractivity contribution in [2.45, 2.75) is 6.92 Å². The van der Waals surface area contributed by atoms with Crippen LogP contribution in [0.1, 0.15) is 15.9 Å². The van der Waals surface area contributed by atoms with Crippen molar-refractivity contribution in [1.82, 2.24) is 14.5 Å². The first-order valence-electron chi connectivity index (χ1n) is 11.7. The summed E-state index contributed by atoms with van der Waals surface area (Å²) in [6, 6.07) is 19.7. The number of nitrogens with zero attached hydrogens (tertiary/aromatic N) is 3. The minimum atomic E-state index is -0.429. The van der Waals surface area contributed by atoms with Gasteiger partial charge in [-0.1, -0.05) is 64.6 Å². The molecule has 0 atom stereocenters. The summed E-state index contributed by atoms with van der Waals surface area (Å²) in [5, 5.41) is 4.08. The predicted molar refractivity (Wildman–Crippen MR) is 152 cm³/mol. The van der Waals surface area contributed by atoms with Crippen LogP contribution in [0.15, 0.2) is 72.9 Å². The normalized spacial score (nSPS) is 10.9. The highest BCUT2D eigenvalue weighted by Gasteiger charge is 2.22. The number of aryl methyl sites for hydroxylation is 1. The number of hydrogen-bond donors (Lipinski definition) is 1. The second-order valence-corrected chi connectivity index (χ2v) is 9.83. The maximum absolute atomic E-state index is 13.2. The first-order chi connectivity index (χ1) is 18.2. The van der Waals surface area contributed by atoms with E-state index >= 15 is 0 Å². The topological polar surface area (TPSA) is 76.5 Å². The molecule has 2 amide bonds. The molecule has 0 saturated heterocycles.